The van der Waals surface area contributed by atoms with Gasteiger partial charge in [0.15, 0.2) is 0 Å². The van der Waals surface area contributed by atoms with Gasteiger partial charge >= 0.3 is 0 Å². The number of hydrogen-bond acceptors (Lipinski definition) is 5. The monoisotopic (exact) mass is 306 g/mol. The Morgan fingerprint density at radius 3 is 2.74 bits per heavy atom. The summed E-state index contributed by atoms with van der Waals surface area (Å²) >= 11 is 11.6. The van der Waals surface area contributed by atoms with Gasteiger partial charge < -0.3 is 14.8 Å². The Balaban J connectivity index is 2.09. The molecule has 1 atom stereocenters. The summed E-state index contributed by atoms with van der Waals surface area (Å²) < 4.78 is 10.7. The minimum atomic E-state index is -0.511. The predicted molar refractivity (Wildman–Crippen MR) is 72.2 cm³/mol. The average molecular weight is 307 g/mol. The highest BCUT2D eigenvalue weighted by atomic mass is 35.5. The molecule has 1 aliphatic heterocycles. The normalized spacial score (nSPS) is 19.2. The second-order valence-corrected chi connectivity index (χ2v) is 4.80. The zero-order chi connectivity index (χ0) is 13.8. The highest BCUT2D eigenvalue weighted by molar-refractivity contribution is 6.42. The molecule has 0 bridgehead atoms. The highest BCUT2D eigenvalue weighted by Crippen LogP contribution is 2.33. The van der Waals surface area contributed by atoms with Gasteiger partial charge in [0.25, 0.3) is 5.69 Å². The molecule has 0 radical (unpaired) electrons. The SMILES string of the molecule is O=[N+]([O-])c1cc(Cl)c(Cl)cc1NCC1COCCO1. The van der Waals surface area contributed by atoms with Crippen molar-refractivity contribution in [3.8, 4) is 0 Å². The summed E-state index contributed by atoms with van der Waals surface area (Å²) in [7, 11) is 0. The minimum Gasteiger partial charge on any atom is -0.377 e. The first-order chi connectivity index (χ1) is 9.08. The molecule has 1 aromatic carbocycles. The lowest BCUT2D eigenvalue weighted by atomic mass is 10.2. The molecule has 1 aromatic rings. The first kappa shape index (κ1) is 14.3. The third-order valence-corrected chi connectivity index (χ3v) is 3.36. The third-order valence-electron chi connectivity index (χ3n) is 2.64. The molecule has 6 nitrogen and oxygen atoms in total. The molecule has 0 amide bonds. The largest absolute Gasteiger partial charge is 0.377 e. The van der Waals surface area contributed by atoms with Gasteiger partial charge in [0.05, 0.1) is 40.9 Å². The molecule has 1 heterocycles. The van der Waals surface area contributed by atoms with Crippen LogP contribution in [0.3, 0.4) is 0 Å². The van der Waals surface area contributed by atoms with Crippen LogP contribution in [0.2, 0.25) is 10.0 Å². The number of hydrogen-bond donors (Lipinski definition) is 1. The molecule has 0 aliphatic carbocycles. The molecule has 19 heavy (non-hydrogen) atoms. The van der Waals surface area contributed by atoms with E-state index in [1.54, 1.807) is 0 Å². The van der Waals surface area contributed by atoms with Crippen molar-refractivity contribution in [2.45, 2.75) is 6.10 Å². The van der Waals surface area contributed by atoms with Gasteiger partial charge in [0, 0.05) is 12.6 Å². The van der Waals surface area contributed by atoms with Crippen LogP contribution in [0.1, 0.15) is 0 Å². The summed E-state index contributed by atoms with van der Waals surface area (Å²) in [5.41, 5.74) is 0.194. The van der Waals surface area contributed by atoms with Gasteiger partial charge in [-0.15, -0.1) is 0 Å². The number of nitro benzene ring substituents is 1. The Hall–Kier alpha value is -1.08. The summed E-state index contributed by atoms with van der Waals surface area (Å²) in [6, 6.07) is 2.66. The maximum absolute atomic E-state index is 10.9. The molecule has 104 valence electrons. The van der Waals surface area contributed by atoms with Crippen molar-refractivity contribution in [3.63, 3.8) is 0 Å². The summed E-state index contributed by atoms with van der Waals surface area (Å²) in [6.45, 7) is 1.96. The molecule has 1 saturated heterocycles. The van der Waals surface area contributed by atoms with E-state index >= 15 is 0 Å². The lowest BCUT2D eigenvalue weighted by molar-refractivity contribution is -0.383. The van der Waals surface area contributed by atoms with E-state index in [1.807, 2.05) is 0 Å². The van der Waals surface area contributed by atoms with Crippen molar-refractivity contribution in [1.29, 1.82) is 0 Å². The lowest BCUT2D eigenvalue weighted by Gasteiger charge is -2.23. The molecular formula is C11H12Cl2N2O4. The molecule has 0 spiro atoms. The van der Waals surface area contributed by atoms with Gasteiger partial charge in [-0.1, -0.05) is 23.2 Å². The van der Waals surface area contributed by atoms with E-state index in [1.165, 1.54) is 12.1 Å². The van der Waals surface area contributed by atoms with Crippen LogP contribution < -0.4 is 5.32 Å². The molecule has 1 N–H and O–H groups in total. The molecule has 1 fully saturated rings. The van der Waals surface area contributed by atoms with Gasteiger partial charge in [-0.05, 0) is 6.07 Å². The minimum absolute atomic E-state index is 0.119. The number of nitrogens with zero attached hydrogens (tertiary/aromatic N) is 1. The molecule has 0 aromatic heterocycles. The van der Waals surface area contributed by atoms with Crippen LogP contribution in [0.25, 0.3) is 0 Å². The predicted octanol–water partition coefficient (Wildman–Crippen LogP) is 2.73. The number of nitro groups is 1. The molecule has 1 unspecified atom stereocenters. The Labute approximate surface area is 119 Å². The summed E-state index contributed by atoms with van der Waals surface area (Å²) in [4.78, 5) is 10.4. The van der Waals surface area contributed by atoms with Crippen molar-refractivity contribution in [3.05, 3.63) is 32.3 Å². The van der Waals surface area contributed by atoms with Crippen LogP contribution in [-0.2, 0) is 9.47 Å². The fourth-order valence-corrected chi connectivity index (χ4v) is 2.03. The second-order valence-electron chi connectivity index (χ2n) is 3.99. The van der Waals surface area contributed by atoms with Crippen LogP contribution in [0.5, 0.6) is 0 Å². The van der Waals surface area contributed by atoms with Gasteiger partial charge in [0.1, 0.15) is 5.69 Å². The fraction of sp³-hybridized carbons (Fsp3) is 0.455. The van der Waals surface area contributed by atoms with Crippen molar-refractivity contribution in [2.24, 2.45) is 0 Å². The zero-order valence-corrected chi connectivity index (χ0v) is 11.4. The topological polar surface area (TPSA) is 73.6 Å². The van der Waals surface area contributed by atoms with Crippen molar-refractivity contribution < 1.29 is 14.4 Å². The van der Waals surface area contributed by atoms with E-state index in [2.05, 4.69) is 5.32 Å². The lowest BCUT2D eigenvalue weighted by Crippen LogP contribution is -2.34. The quantitative estimate of drug-likeness (QED) is 0.684. The van der Waals surface area contributed by atoms with Crippen LogP contribution in [0, 0.1) is 10.1 Å². The number of anilines is 1. The van der Waals surface area contributed by atoms with Gasteiger partial charge in [-0.25, -0.2) is 0 Å². The fourth-order valence-electron chi connectivity index (χ4n) is 1.71. The molecule has 2 rings (SSSR count). The molecule has 1 aliphatic rings. The van der Waals surface area contributed by atoms with Crippen molar-refractivity contribution in [2.75, 3.05) is 31.7 Å². The van der Waals surface area contributed by atoms with E-state index in [9.17, 15) is 10.1 Å². The maximum atomic E-state index is 10.9. The first-order valence-corrected chi connectivity index (χ1v) is 6.40. The Morgan fingerprint density at radius 2 is 2.11 bits per heavy atom. The van der Waals surface area contributed by atoms with E-state index in [-0.39, 0.29) is 21.8 Å². The van der Waals surface area contributed by atoms with Gasteiger partial charge in [0.2, 0.25) is 0 Å². The van der Waals surface area contributed by atoms with E-state index in [4.69, 9.17) is 32.7 Å². The van der Waals surface area contributed by atoms with Gasteiger partial charge in [-0.2, -0.15) is 0 Å². The van der Waals surface area contributed by atoms with Crippen LogP contribution in [0.15, 0.2) is 12.1 Å². The Bertz CT molecular complexity index is 478. The van der Waals surface area contributed by atoms with Crippen LogP contribution >= 0.6 is 23.2 Å². The van der Waals surface area contributed by atoms with E-state index in [0.717, 1.165) is 0 Å². The third kappa shape index (κ3) is 3.70. The summed E-state index contributed by atoms with van der Waals surface area (Å²) in [5.74, 6) is 0. The number of ether oxygens (including phenoxy) is 2. The second kappa shape index (κ2) is 6.38. The van der Waals surface area contributed by atoms with Crippen molar-refractivity contribution >= 4 is 34.6 Å². The summed E-state index contributed by atoms with van der Waals surface area (Å²) in [6.07, 6.45) is -0.136. The van der Waals surface area contributed by atoms with Crippen molar-refractivity contribution in [1.82, 2.24) is 0 Å². The standard InChI is InChI=1S/C11H12Cl2N2O4/c12-8-3-10(11(15(16)17)4-9(8)13)14-5-7-6-18-1-2-19-7/h3-4,7,14H,1-2,5-6H2. The highest BCUT2D eigenvalue weighted by Gasteiger charge is 2.19. The molecule has 0 saturated carbocycles. The van der Waals surface area contributed by atoms with E-state index < -0.39 is 4.92 Å². The Kier molecular flexibility index (Phi) is 4.81. The Morgan fingerprint density at radius 1 is 1.37 bits per heavy atom. The first-order valence-electron chi connectivity index (χ1n) is 5.64. The molecule has 8 heteroatoms. The van der Waals surface area contributed by atoms with Crippen LogP contribution in [0.4, 0.5) is 11.4 Å². The summed E-state index contributed by atoms with van der Waals surface area (Å²) in [5, 5.41) is 14.3. The van der Waals surface area contributed by atoms with Crippen LogP contribution in [-0.4, -0.2) is 37.4 Å². The van der Waals surface area contributed by atoms with Gasteiger partial charge in [-0.3, -0.25) is 10.1 Å². The average Bonchev–Trinajstić information content (AvgIpc) is 2.40. The molecular weight excluding hydrogens is 295 g/mol. The number of halogens is 2. The maximum Gasteiger partial charge on any atom is 0.293 e. The zero-order valence-electron chi connectivity index (χ0n) is 9.90. The number of benzene rings is 1. The number of nitrogens with one attached hydrogen (secondary N) is 1. The smallest absolute Gasteiger partial charge is 0.293 e. The number of rotatable bonds is 4. The van der Waals surface area contributed by atoms with E-state index in [0.29, 0.717) is 32.1 Å².